The molecule has 3 rings (SSSR count). The highest BCUT2D eigenvalue weighted by atomic mass is 32.2. The monoisotopic (exact) mass is 339 g/mol. The molecule has 1 amide bonds. The molecule has 0 unspecified atom stereocenters. The van der Waals surface area contributed by atoms with Gasteiger partial charge in [-0.05, 0) is 31.4 Å². The molecule has 1 fully saturated rings. The molecule has 4 nitrogen and oxygen atoms in total. The van der Waals surface area contributed by atoms with Gasteiger partial charge < -0.3 is 5.32 Å². The van der Waals surface area contributed by atoms with E-state index in [0.29, 0.717) is 22.4 Å². The predicted octanol–water partition coefficient (Wildman–Crippen LogP) is 3.96. The number of amides is 1. The minimum Gasteiger partial charge on any atom is -0.353 e. The third-order valence-electron chi connectivity index (χ3n) is 4.44. The van der Waals surface area contributed by atoms with Crippen molar-refractivity contribution in [2.75, 3.05) is 5.75 Å². The van der Waals surface area contributed by atoms with Crippen LogP contribution in [0, 0.1) is 18.3 Å². The SMILES string of the molecule is Cc1cccc2cc(C#N)c(SCC(=O)NC3CCCCC3)nc12. The van der Waals surface area contributed by atoms with Crippen LogP contribution in [0.3, 0.4) is 0 Å². The fourth-order valence-electron chi connectivity index (χ4n) is 3.17. The predicted molar refractivity (Wildman–Crippen MR) is 96.9 cm³/mol. The van der Waals surface area contributed by atoms with Crippen LogP contribution in [0.5, 0.6) is 0 Å². The van der Waals surface area contributed by atoms with E-state index in [0.717, 1.165) is 29.3 Å². The molecule has 1 aromatic heterocycles. The highest BCUT2D eigenvalue weighted by Crippen LogP contribution is 2.26. The highest BCUT2D eigenvalue weighted by molar-refractivity contribution is 8.00. The van der Waals surface area contributed by atoms with E-state index >= 15 is 0 Å². The Balaban J connectivity index is 1.71. The lowest BCUT2D eigenvalue weighted by Gasteiger charge is -2.22. The quantitative estimate of drug-likeness (QED) is 0.856. The standard InChI is InChI=1S/C19H21N3OS/c1-13-6-5-7-14-10-15(11-20)19(22-18(13)14)24-12-17(23)21-16-8-3-2-4-9-16/h5-7,10,16H,2-4,8-9,12H2,1H3,(H,21,23). The van der Waals surface area contributed by atoms with Crippen LogP contribution in [0.25, 0.3) is 10.9 Å². The summed E-state index contributed by atoms with van der Waals surface area (Å²) < 4.78 is 0. The number of thioether (sulfide) groups is 1. The van der Waals surface area contributed by atoms with Crippen molar-refractivity contribution in [3.63, 3.8) is 0 Å². The molecule has 24 heavy (non-hydrogen) atoms. The number of pyridine rings is 1. The molecule has 0 saturated heterocycles. The number of carbonyl (C=O) groups excluding carboxylic acids is 1. The molecule has 0 aliphatic heterocycles. The van der Waals surface area contributed by atoms with Gasteiger partial charge in [-0.2, -0.15) is 5.26 Å². The van der Waals surface area contributed by atoms with Crippen LogP contribution < -0.4 is 5.32 Å². The average Bonchev–Trinajstić information content (AvgIpc) is 2.60. The Morgan fingerprint density at radius 1 is 1.38 bits per heavy atom. The molecule has 124 valence electrons. The van der Waals surface area contributed by atoms with Crippen LogP contribution in [0.4, 0.5) is 0 Å². The maximum absolute atomic E-state index is 12.2. The van der Waals surface area contributed by atoms with Gasteiger partial charge in [0.2, 0.25) is 5.91 Å². The van der Waals surface area contributed by atoms with E-state index in [9.17, 15) is 10.1 Å². The molecule has 1 saturated carbocycles. The number of fused-ring (bicyclic) bond motifs is 1. The van der Waals surface area contributed by atoms with Crippen LogP contribution in [0.1, 0.15) is 43.2 Å². The molecule has 1 N–H and O–H groups in total. The summed E-state index contributed by atoms with van der Waals surface area (Å²) in [5.41, 5.74) is 2.50. The topological polar surface area (TPSA) is 65.8 Å². The first kappa shape index (κ1) is 16.8. The fraction of sp³-hybridized carbons (Fsp3) is 0.421. The lowest BCUT2D eigenvalue weighted by Crippen LogP contribution is -2.37. The molecule has 1 aromatic carbocycles. The summed E-state index contributed by atoms with van der Waals surface area (Å²) in [6.07, 6.45) is 5.82. The number of nitrogens with one attached hydrogen (secondary N) is 1. The van der Waals surface area contributed by atoms with Gasteiger partial charge in [-0.1, -0.05) is 49.2 Å². The van der Waals surface area contributed by atoms with Crippen molar-refractivity contribution >= 4 is 28.6 Å². The zero-order chi connectivity index (χ0) is 16.9. The largest absolute Gasteiger partial charge is 0.353 e. The molecular formula is C19H21N3OS. The van der Waals surface area contributed by atoms with Gasteiger partial charge in [0.15, 0.2) is 0 Å². The number of carbonyl (C=O) groups is 1. The number of nitrogens with zero attached hydrogens (tertiary/aromatic N) is 2. The number of rotatable bonds is 4. The third-order valence-corrected chi connectivity index (χ3v) is 5.43. The number of hydrogen-bond acceptors (Lipinski definition) is 4. The second-order valence-electron chi connectivity index (χ2n) is 6.29. The smallest absolute Gasteiger partial charge is 0.230 e. The zero-order valence-corrected chi connectivity index (χ0v) is 14.7. The normalized spacial score (nSPS) is 15.2. The number of nitriles is 1. The fourth-order valence-corrected chi connectivity index (χ4v) is 3.94. The van der Waals surface area contributed by atoms with Crippen molar-refractivity contribution in [3.8, 4) is 6.07 Å². The summed E-state index contributed by atoms with van der Waals surface area (Å²) in [5, 5.41) is 14.1. The number of aromatic nitrogens is 1. The Labute approximate surface area is 146 Å². The van der Waals surface area contributed by atoms with E-state index in [-0.39, 0.29) is 5.91 Å². The molecule has 1 aliphatic carbocycles. The third kappa shape index (κ3) is 3.88. The Morgan fingerprint density at radius 2 is 2.17 bits per heavy atom. The number of aryl methyl sites for hydroxylation is 1. The number of benzene rings is 1. The second-order valence-corrected chi connectivity index (χ2v) is 7.25. The summed E-state index contributed by atoms with van der Waals surface area (Å²) in [6.45, 7) is 2.01. The van der Waals surface area contributed by atoms with E-state index in [1.165, 1.54) is 31.0 Å². The minimum absolute atomic E-state index is 0.0301. The van der Waals surface area contributed by atoms with E-state index in [2.05, 4.69) is 16.4 Å². The lowest BCUT2D eigenvalue weighted by molar-refractivity contribution is -0.119. The van der Waals surface area contributed by atoms with Gasteiger partial charge in [0, 0.05) is 11.4 Å². The van der Waals surface area contributed by atoms with Gasteiger partial charge in [-0.25, -0.2) is 4.98 Å². The number of para-hydroxylation sites is 1. The molecular weight excluding hydrogens is 318 g/mol. The maximum atomic E-state index is 12.2. The minimum atomic E-state index is 0.0301. The molecule has 0 radical (unpaired) electrons. The van der Waals surface area contributed by atoms with Gasteiger partial charge in [-0.3, -0.25) is 4.79 Å². The van der Waals surface area contributed by atoms with Crippen LogP contribution in [0.2, 0.25) is 0 Å². The van der Waals surface area contributed by atoms with Crippen molar-refractivity contribution in [1.82, 2.24) is 10.3 Å². The van der Waals surface area contributed by atoms with E-state index in [4.69, 9.17) is 0 Å². The van der Waals surface area contributed by atoms with E-state index < -0.39 is 0 Å². The summed E-state index contributed by atoms with van der Waals surface area (Å²) in [5.74, 6) is 0.331. The van der Waals surface area contributed by atoms with Crippen molar-refractivity contribution < 1.29 is 4.79 Å². The van der Waals surface area contributed by atoms with Crippen LogP contribution in [-0.2, 0) is 4.79 Å². The van der Waals surface area contributed by atoms with Gasteiger partial charge in [0.25, 0.3) is 0 Å². The first-order valence-electron chi connectivity index (χ1n) is 8.40. The van der Waals surface area contributed by atoms with Crippen molar-refractivity contribution in [3.05, 3.63) is 35.4 Å². The van der Waals surface area contributed by atoms with Crippen molar-refractivity contribution in [2.24, 2.45) is 0 Å². The molecule has 0 atom stereocenters. The Morgan fingerprint density at radius 3 is 2.92 bits per heavy atom. The van der Waals surface area contributed by atoms with Gasteiger partial charge in [-0.15, -0.1) is 0 Å². The van der Waals surface area contributed by atoms with E-state index in [1.807, 2.05) is 31.2 Å². The molecule has 1 heterocycles. The van der Waals surface area contributed by atoms with Crippen LogP contribution in [-0.4, -0.2) is 22.7 Å². The van der Waals surface area contributed by atoms with Crippen molar-refractivity contribution in [1.29, 1.82) is 5.26 Å². The summed E-state index contributed by atoms with van der Waals surface area (Å²) >= 11 is 1.35. The Hall–Kier alpha value is -2.06. The molecule has 1 aliphatic rings. The van der Waals surface area contributed by atoms with Crippen LogP contribution in [0.15, 0.2) is 29.3 Å². The first-order valence-corrected chi connectivity index (χ1v) is 9.38. The Bertz CT molecular complexity index is 791. The van der Waals surface area contributed by atoms with E-state index in [1.54, 1.807) is 0 Å². The molecule has 2 aromatic rings. The second kappa shape index (κ2) is 7.67. The summed E-state index contributed by atoms with van der Waals surface area (Å²) in [6, 6.07) is 10.3. The maximum Gasteiger partial charge on any atom is 0.230 e. The molecule has 0 spiro atoms. The zero-order valence-electron chi connectivity index (χ0n) is 13.8. The van der Waals surface area contributed by atoms with Crippen LogP contribution >= 0.6 is 11.8 Å². The van der Waals surface area contributed by atoms with Gasteiger partial charge in [0.05, 0.1) is 16.8 Å². The lowest BCUT2D eigenvalue weighted by atomic mass is 9.95. The molecule has 5 heteroatoms. The summed E-state index contributed by atoms with van der Waals surface area (Å²) in [4.78, 5) is 16.8. The molecule has 0 bridgehead atoms. The van der Waals surface area contributed by atoms with Gasteiger partial charge >= 0.3 is 0 Å². The summed E-state index contributed by atoms with van der Waals surface area (Å²) in [7, 11) is 0. The highest BCUT2D eigenvalue weighted by Gasteiger charge is 2.16. The Kier molecular flexibility index (Phi) is 5.37. The average molecular weight is 339 g/mol. The van der Waals surface area contributed by atoms with Gasteiger partial charge in [0.1, 0.15) is 11.1 Å². The van der Waals surface area contributed by atoms with Crippen molar-refractivity contribution in [2.45, 2.75) is 50.1 Å². The first-order chi connectivity index (χ1) is 11.7. The number of hydrogen-bond donors (Lipinski definition) is 1.